The van der Waals surface area contributed by atoms with Crippen LogP contribution in [0.15, 0.2) is 72.8 Å². The summed E-state index contributed by atoms with van der Waals surface area (Å²) in [6.07, 6.45) is -1.27. The molecule has 0 aliphatic carbocycles. The first kappa shape index (κ1) is 23.4. The Morgan fingerprint density at radius 2 is 0.938 bits per heavy atom. The van der Waals surface area contributed by atoms with E-state index in [2.05, 4.69) is 10.6 Å². The predicted molar refractivity (Wildman–Crippen MR) is 129 cm³/mol. The van der Waals surface area contributed by atoms with Gasteiger partial charge in [0.1, 0.15) is 36.9 Å². The standard InChI is InChI=1S/C26H32N2O4/c1-19-3-7-21(8-4-19)27-15-23(29)17-31-25-11-13-26(14-12-25)32-18-24(30)16-28-22-9-5-20(2)6-10-22/h3-14,23-24,27-30H,15-18H2,1-2H3/t23-,24-/m1/s1. The van der Waals surface area contributed by atoms with E-state index in [-0.39, 0.29) is 13.2 Å². The number of rotatable bonds is 12. The summed E-state index contributed by atoms with van der Waals surface area (Å²) in [4.78, 5) is 0. The van der Waals surface area contributed by atoms with Crippen LogP contribution in [0.4, 0.5) is 11.4 Å². The van der Waals surface area contributed by atoms with E-state index in [0.717, 1.165) is 11.4 Å². The molecule has 0 heterocycles. The molecule has 6 heteroatoms. The highest BCUT2D eigenvalue weighted by atomic mass is 16.5. The summed E-state index contributed by atoms with van der Waals surface area (Å²) in [7, 11) is 0. The fourth-order valence-corrected chi connectivity index (χ4v) is 2.95. The molecule has 170 valence electrons. The van der Waals surface area contributed by atoms with Crippen molar-refractivity contribution in [1.82, 2.24) is 0 Å². The van der Waals surface area contributed by atoms with Crippen molar-refractivity contribution in [2.45, 2.75) is 26.1 Å². The molecule has 0 aliphatic rings. The second-order valence-electron chi connectivity index (χ2n) is 7.89. The van der Waals surface area contributed by atoms with Crippen molar-refractivity contribution in [3.05, 3.63) is 83.9 Å². The van der Waals surface area contributed by atoms with Gasteiger partial charge in [0, 0.05) is 24.5 Å². The topological polar surface area (TPSA) is 83.0 Å². The first-order valence-electron chi connectivity index (χ1n) is 10.8. The molecular formula is C26H32N2O4. The fraction of sp³-hybridized carbons (Fsp3) is 0.308. The van der Waals surface area contributed by atoms with Gasteiger partial charge in [0.15, 0.2) is 0 Å². The summed E-state index contributed by atoms with van der Waals surface area (Å²) in [6.45, 7) is 5.24. The summed E-state index contributed by atoms with van der Waals surface area (Å²) in [5.74, 6) is 1.29. The van der Waals surface area contributed by atoms with E-state index in [0.29, 0.717) is 24.6 Å². The van der Waals surface area contributed by atoms with Gasteiger partial charge in [-0.15, -0.1) is 0 Å². The molecule has 0 aromatic heterocycles. The zero-order valence-electron chi connectivity index (χ0n) is 18.6. The van der Waals surface area contributed by atoms with Gasteiger partial charge in [-0.05, 0) is 62.4 Å². The number of ether oxygens (including phenoxy) is 2. The summed E-state index contributed by atoms with van der Waals surface area (Å²) in [5, 5.41) is 26.6. The minimum absolute atomic E-state index is 0.183. The van der Waals surface area contributed by atoms with Gasteiger partial charge in [-0.1, -0.05) is 35.4 Å². The Hall–Kier alpha value is -3.22. The molecule has 6 nitrogen and oxygen atoms in total. The average Bonchev–Trinajstić information content (AvgIpc) is 2.81. The van der Waals surface area contributed by atoms with Gasteiger partial charge >= 0.3 is 0 Å². The summed E-state index contributed by atoms with van der Waals surface area (Å²) in [6, 6.07) is 23.2. The molecule has 4 N–H and O–H groups in total. The number of nitrogens with one attached hydrogen (secondary N) is 2. The van der Waals surface area contributed by atoms with Crippen LogP contribution in [-0.2, 0) is 0 Å². The first-order chi connectivity index (χ1) is 15.5. The van der Waals surface area contributed by atoms with E-state index in [9.17, 15) is 10.2 Å². The van der Waals surface area contributed by atoms with E-state index >= 15 is 0 Å². The van der Waals surface area contributed by atoms with Crippen LogP contribution in [0.5, 0.6) is 11.5 Å². The second-order valence-corrected chi connectivity index (χ2v) is 7.89. The maximum absolute atomic E-state index is 10.1. The maximum Gasteiger partial charge on any atom is 0.119 e. The van der Waals surface area contributed by atoms with Gasteiger partial charge in [0.25, 0.3) is 0 Å². The van der Waals surface area contributed by atoms with Gasteiger partial charge in [-0.3, -0.25) is 0 Å². The molecule has 0 unspecified atom stereocenters. The lowest BCUT2D eigenvalue weighted by Crippen LogP contribution is -2.26. The first-order valence-corrected chi connectivity index (χ1v) is 10.8. The highest BCUT2D eigenvalue weighted by Gasteiger charge is 2.08. The maximum atomic E-state index is 10.1. The van der Waals surface area contributed by atoms with E-state index in [1.165, 1.54) is 11.1 Å². The summed E-state index contributed by atoms with van der Waals surface area (Å²) in [5.41, 5.74) is 4.32. The number of hydrogen-bond acceptors (Lipinski definition) is 6. The molecule has 0 aliphatic heterocycles. The van der Waals surface area contributed by atoms with Crippen LogP contribution in [0.25, 0.3) is 0 Å². The Labute approximate surface area is 189 Å². The lowest BCUT2D eigenvalue weighted by Gasteiger charge is -2.15. The lowest BCUT2D eigenvalue weighted by atomic mass is 10.2. The van der Waals surface area contributed by atoms with Crippen molar-refractivity contribution in [3.63, 3.8) is 0 Å². The zero-order valence-corrected chi connectivity index (χ0v) is 18.6. The van der Waals surface area contributed by atoms with Crippen LogP contribution < -0.4 is 20.1 Å². The molecule has 3 rings (SSSR count). The van der Waals surface area contributed by atoms with Gasteiger partial charge in [-0.2, -0.15) is 0 Å². The summed E-state index contributed by atoms with van der Waals surface area (Å²) >= 11 is 0. The van der Waals surface area contributed by atoms with E-state index in [1.807, 2.05) is 62.4 Å². The molecule has 0 amide bonds. The number of hydrogen-bond donors (Lipinski definition) is 4. The highest BCUT2D eigenvalue weighted by Crippen LogP contribution is 2.18. The third-order valence-electron chi connectivity index (χ3n) is 4.90. The Bertz CT molecular complexity index is 849. The Kier molecular flexibility index (Phi) is 8.78. The van der Waals surface area contributed by atoms with E-state index in [4.69, 9.17) is 9.47 Å². The average molecular weight is 437 g/mol. The van der Waals surface area contributed by atoms with Crippen molar-refractivity contribution in [2.75, 3.05) is 36.9 Å². The Morgan fingerprint density at radius 3 is 1.28 bits per heavy atom. The third-order valence-corrected chi connectivity index (χ3v) is 4.90. The van der Waals surface area contributed by atoms with Crippen LogP contribution in [0.2, 0.25) is 0 Å². The molecular weight excluding hydrogens is 404 g/mol. The van der Waals surface area contributed by atoms with Crippen molar-refractivity contribution in [3.8, 4) is 11.5 Å². The molecule has 0 spiro atoms. The zero-order chi connectivity index (χ0) is 22.8. The molecule has 0 bridgehead atoms. The number of aliphatic hydroxyl groups is 2. The number of aryl methyl sites for hydroxylation is 2. The summed E-state index contributed by atoms with van der Waals surface area (Å²) < 4.78 is 11.3. The minimum Gasteiger partial charge on any atom is -0.491 e. The highest BCUT2D eigenvalue weighted by molar-refractivity contribution is 5.45. The van der Waals surface area contributed by atoms with Gasteiger partial charge < -0.3 is 30.3 Å². The van der Waals surface area contributed by atoms with Gasteiger partial charge in [-0.25, -0.2) is 0 Å². The Balaban J connectivity index is 1.33. The molecule has 32 heavy (non-hydrogen) atoms. The monoisotopic (exact) mass is 436 g/mol. The van der Waals surface area contributed by atoms with Crippen LogP contribution in [0.1, 0.15) is 11.1 Å². The molecule has 0 saturated carbocycles. The van der Waals surface area contributed by atoms with Crippen LogP contribution >= 0.6 is 0 Å². The molecule has 2 atom stereocenters. The predicted octanol–water partition coefficient (Wildman–Crippen LogP) is 4.01. The molecule has 3 aromatic rings. The molecule has 0 saturated heterocycles. The second kappa shape index (κ2) is 12.0. The minimum atomic E-state index is -0.636. The normalized spacial score (nSPS) is 12.6. The van der Waals surface area contributed by atoms with Gasteiger partial charge in [0.2, 0.25) is 0 Å². The van der Waals surface area contributed by atoms with Crippen LogP contribution in [0, 0.1) is 13.8 Å². The molecule has 0 fully saturated rings. The number of anilines is 2. The largest absolute Gasteiger partial charge is 0.491 e. The van der Waals surface area contributed by atoms with Crippen molar-refractivity contribution in [1.29, 1.82) is 0 Å². The smallest absolute Gasteiger partial charge is 0.119 e. The van der Waals surface area contributed by atoms with Gasteiger partial charge in [0.05, 0.1) is 0 Å². The molecule has 0 radical (unpaired) electrons. The van der Waals surface area contributed by atoms with Crippen LogP contribution in [0.3, 0.4) is 0 Å². The lowest BCUT2D eigenvalue weighted by molar-refractivity contribution is 0.115. The van der Waals surface area contributed by atoms with Crippen molar-refractivity contribution >= 4 is 11.4 Å². The SMILES string of the molecule is Cc1ccc(NC[C@@H](O)COc2ccc(OC[C@H](O)CNc3ccc(C)cc3)cc2)cc1. The van der Waals surface area contributed by atoms with Crippen molar-refractivity contribution in [2.24, 2.45) is 0 Å². The quantitative estimate of drug-likeness (QED) is 0.343. The third kappa shape index (κ3) is 8.13. The molecule has 3 aromatic carbocycles. The van der Waals surface area contributed by atoms with E-state index in [1.54, 1.807) is 24.3 Å². The van der Waals surface area contributed by atoms with E-state index < -0.39 is 12.2 Å². The number of benzene rings is 3. The van der Waals surface area contributed by atoms with Crippen molar-refractivity contribution < 1.29 is 19.7 Å². The van der Waals surface area contributed by atoms with Crippen LogP contribution in [-0.4, -0.2) is 48.7 Å². The fourth-order valence-electron chi connectivity index (χ4n) is 2.95. The Morgan fingerprint density at radius 1 is 0.594 bits per heavy atom. The number of aliphatic hydroxyl groups excluding tert-OH is 2.